The van der Waals surface area contributed by atoms with Gasteiger partial charge in [0, 0.05) is 0 Å². The molecule has 1 heterocycles. The molecule has 1 aromatic carbocycles. The molecule has 0 saturated carbocycles. The van der Waals surface area contributed by atoms with E-state index in [4.69, 9.17) is 14.2 Å². The fraction of sp³-hybridized carbons (Fsp3) is 0.333. The molecule has 0 N–H and O–H groups in total. The average molecular weight is 412 g/mol. The Morgan fingerprint density at radius 3 is 2.56 bits per heavy atom. The van der Waals surface area contributed by atoms with Crippen molar-refractivity contribution in [2.75, 3.05) is 13.7 Å². The van der Waals surface area contributed by atoms with Crippen LogP contribution in [0.2, 0.25) is 0 Å². The summed E-state index contributed by atoms with van der Waals surface area (Å²) in [6.45, 7) is 4.13. The van der Waals surface area contributed by atoms with Gasteiger partial charge in [-0.15, -0.1) is 0 Å². The number of nitrogens with zero attached hydrogens (tertiary/aromatic N) is 1. The lowest BCUT2D eigenvalue weighted by molar-refractivity contribution is 0.0447. The first-order valence-electron chi connectivity index (χ1n) is 7.69. The predicted molar refractivity (Wildman–Crippen MR) is 94.3 cm³/mol. The minimum absolute atomic E-state index is 0.0327. The molecule has 1 aromatic heterocycles. The van der Waals surface area contributed by atoms with Crippen LogP contribution in [0.25, 0.3) is 0 Å². The lowest BCUT2D eigenvalue weighted by Crippen LogP contribution is -2.14. The SMILES string of the molecule is COc1ccc(COc2cnc(Br)c(F)c2C(=O)OCC(C)C)cc1. The van der Waals surface area contributed by atoms with Crippen LogP contribution in [0.15, 0.2) is 35.1 Å². The van der Waals surface area contributed by atoms with Crippen LogP contribution in [-0.4, -0.2) is 24.7 Å². The van der Waals surface area contributed by atoms with Gasteiger partial charge in [0.2, 0.25) is 0 Å². The Hall–Kier alpha value is -2.15. The number of hydrogen-bond acceptors (Lipinski definition) is 5. The van der Waals surface area contributed by atoms with Crippen molar-refractivity contribution in [2.45, 2.75) is 20.5 Å². The van der Waals surface area contributed by atoms with Crippen molar-refractivity contribution in [3.8, 4) is 11.5 Å². The van der Waals surface area contributed by atoms with Gasteiger partial charge in [0.05, 0.1) is 19.9 Å². The van der Waals surface area contributed by atoms with Gasteiger partial charge in [-0.05, 0) is 39.5 Å². The molecule has 5 nitrogen and oxygen atoms in total. The molecule has 2 rings (SSSR count). The van der Waals surface area contributed by atoms with Crippen molar-refractivity contribution in [3.63, 3.8) is 0 Å². The molecule has 2 aromatic rings. The molecule has 0 amide bonds. The zero-order valence-electron chi connectivity index (χ0n) is 14.2. The number of halogens is 2. The highest BCUT2D eigenvalue weighted by Crippen LogP contribution is 2.27. The number of rotatable bonds is 7. The van der Waals surface area contributed by atoms with Gasteiger partial charge < -0.3 is 14.2 Å². The zero-order chi connectivity index (χ0) is 18.4. The zero-order valence-corrected chi connectivity index (χ0v) is 15.8. The topological polar surface area (TPSA) is 57.7 Å². The van der Waals surface area contributed by atoms with Gasteiger partial charge in [-0.25, -0.2) is 14.2 Å². The molecule has 0 saturated heterocycles. The van der Waals surface area contributed by atoms with Gasteiger partial charge in [0.15, 0.2) is 11.6 Å². The second-order valence-corrected chi connectivity index (χ2v) is 6.48. The highest BCUT2D eigenvalue weighted by Gasteiger charge is 2.23. The second-order valence-electron chi connectivity index (χ2n) is 5.73. The molecular weight excluding hydrogens is 393 g/mol. The number of carbonyl (C=O) groups is 1. The number of methoxy groups -OCH3 is 1. The second kappa shape index (κ2) is 8.80. The minimum Gasteiger partial charge on any atom is -0.497 e. The lowest BCUT2D eigenvalue weighted by atomic mass is 10.2. The van der Waals surface area contributed by atoms with Crippen molar-refractivity contribution in [1.82, 2.24) is 4.98 Å². The van der Waals surface area contributed by atoms with E-state index in [-0.39, 0.29) is 35.0 Å². The fourth-order valence-electron chi connectivity index (χ4n) is 1.94. The van der Waals surface area contributed by atoms with Gasteiger partial charge in [-0.3, -0.25) is 0 Å². The van der Waals surface area contributed by atoms with E-state index in [1.807, 2.05) is 26.0 Å². The first-order valence-corrected chi connectivity index (χ1v) is 8.48. The minimum atomic E-state index is -0.805. The molecule has 0 aliphatic rings. The van der Waals surface area contributed by atoms with Crippen molar-refractivity contribution in [3.05, 3.63) is 52.0 Å². The maximum atomic E-state index is 14.4. The normalized spacial score (nSPS) is 10.6. The molecule has 134 valence electrons. The van der Waals surface area contributed by atoms with E-state index in [0.29, 0.717) is 0 Å². The van der Waals surface area contributed by atoms with Crippen molar-refractivity contribution >= 4 is 21.9 Å². The molecule has 0 aliphatic heterocycles. The Morgan fingerprint density at radius 1 is 1.28 bits per heavy atom. The quantitative estimate of drug-likeness (QED) is 0.499. The number of aromatic nitrogens is 1. The molecule has 0 atom stereocenters. The van der Waals surface area contributed by atoms with Crippen molar-refractivity contribution in [2.24, 2.45) is 5.92 Å². The van der Waals surface area contributed by atoms with E-state index in [2.05, 4.69) is 20.9 Å². The van der Waals surface area contributed by atoms with Crippen LogP contribution in [0.4, 0.5) is 4.39 Å². The highest BCUT2D eigenvalue weighted by atomic mass is 79.9. The number of ether oxygens (including phenoxy) is 3. The molecule has 0 bridgehead atoms. The Labute approximate surface area is 154 Å². The summed E-state index contributed by atoms with van der Waals surface area (Å²) >= 11 is 2.98. The Bertz CT molecular complexity index is 735. The number of pyridine rings is 1. The summed E-state index contributed by atoms with van der Waals surface area (Å²) in [5.41, 5.74) is 0.571. The third kappa shape index (κ3) is 5.16. The third-order valence-corrected chi connectivity index (χ3v) is 3.80. The largest absolute Gasteiger partial charge is 0.497 e. The first kappa shape index (κ1) is 19.2. The predicted octanol–water partition coefficient (Wildman–Crippen LogP) is 4.38. The van der Waals surface area contributed by atoms with E-state index in [1.54, 1.807) is 19.2 Å². The van der Waals surface area contributed by atoms with Gasteiger partial charge in [-0.1, -0.05) is 26.0 Å². The van der Waals surface area contributed by atoms with Crippen LogP contribution in [0, 0.1) is 11.7 Å². The van der Waals surface area contributed by atoms with Crippen LogP contribution in [0.5, 0.6) is 11.5 Å². The van der Waals surface area contributed by atoms with Crippen molar-refractivity contribution < 1.29 is 23.4 Å². The smallest absolute Gasteiger partial charge is 0.345 e. The van der Waals surface area contributed by atoms with E-state index < -0.39 is 11.8 Å². The summed E-state index contributed by atoms with van der Waals surface area (Å²) in [6.07, 6.45) is 1.29. The Kier molecular flexibility index (Phi) is 6.75. The standard InChI is InChI=1S/C18H19BrFNO4/c1-11(2)9-25-18(22)15-14(8-21-17(19)16(15)20)24-10-12-4-6-13(23-3)7-5-12/h4-8,11H,9-10H2,1-3H3. The summed E-state index contributed by atoms with van der Waals surface area (Å²) in [7, 11) is 1.58. The maximum Gasteiger partial charge on any atom is 0.345 e. The van der Waals surface area contributed by atoms with Gasteiger partial charge in [-0.2, -0.15) is 0 Å². The summed E-state index contributed by atoms with van der Waals surface area (Å²) in [6, 6.07) is 7.21. The van der Waals surface area contributed by atoms with Gasteiger partial charge in [0.1, 0.15) is 22.5 Å². The molecule has 7 heteroatoms. The maximum absolute atomic E-state index is 14.4. The number of carbonyl (C=O) groups excluding carboxylic acids is 1. The Morgan fingerprint density at radius 2 is 1.96 bits per heavy atom. The summed E-state index contributed by atoms with van der Waals surface area (Å²) < 4.78 is 30.1. The highest BCUT2D eigenvalue weighted by molar-refractivity contribution is 9.10. The lowest BCUT2D eigenvalue weighted by Gasteiger charge is -2.13. The van der Waals surface area contributed by atoms with Crippen LogP contribution in [0.1, 0.15) is 29.8 Å². The molecule has 0 unspecified atom stereocenters. The molecule has 0 radical (unpaired) electrons. The monoisotopic (exact) mass is 411 g/mol. The van der Waals surface area contributed by atoms with Crippen LogP contribution < -0.4 is 9.47 Å². The number of benzene rings is 1. The molecule has 0 spiro atoms. The molecular formula is C18H19BrFNO4. The fourth-order valence-corrected chi connectivity index (χ4v) is 2.25. The number of esters is 1. The summed E-state index contributed by atoms with van der Waals surface area (Å²) in [5, 5.41) is 0. The molecule has 25 heavy (non-hydrogen) atoms. The molecule has 0 aliphatic carbocycles. The van der Waals surface area contributed by atoms with Crippen LogP contribution >= 0.6 is 15.9 Å². The summed E-state index contributed by atoms with van der Waals surface area (Å²) in [4.78, 5) is 16.1. The average Bonchev–Trinajstić information content (AvgIpc) is 2.61. The van der Waals surface area contributed by atoms with E-state index in [0.717, 1.165) is 11.3 Å². The molecule has 0 fully saturated rings. The van der Waals surface area contributed by atoms with Crippen LogP contribution in [0.3, 0.4) is 0 Å². The van der Waals surface area contributed by atoms with E-state index in [9.17, 15) is 9.18 Å². The van der Waals surface area contributed by atoms with E-state index >= 15 is 0 Å². The van der Waals surface area contributed by atoms with Crippen LogP contribution in [-0.2, 0) is 11.3 Å². The first-order chi connectivity index (χ1) is 11.9. The van der Waals surface area contributed by atoms with Gasteiger partial charge in [0.25, 0.3) is 0 Å². The third-order valence-electron chi connectivity index (χ3n) is 3.25. The van der Waals surface area contributed by atoms with Crippen molar-refractivity contribution in [1.29, 1.82) is 0 Å². The van der Waals surface area contributed by atoms with Gasteiger partial charge >= 0.3 is 5.97 Å². The van der Waals surface area contributed by atoms with E-state index in [1.165, 1.54) is 6.20 Å². The Balaban J connectivity index is 2.18. The summed E-state index contributed by atoms with van der Waals surface area (Å²) in [5.74, 6) is -0.690. The number of hydrogen-bond donors (Lipinski definition) is 0.